The van der Waals surface area contributed by atoms with Crippen LogP contribution in [0.4, 0.5) is 0 Å². The molecule has 1 rings (SSSR count). The van der Waals surface area contributed by atoms with Gasteiger partial charge in [-0.15, -0.1) is 6.58 Å². The van der Waals surface area contributed by atoms with E-state index >= 15 is 0 Å². The highest BCUT2D eigenvalue weighted by Crippen LogP contribution is 2.22. The van der Waals surface area contributed by atoms with Crippen LogP contribution in [0, 0.1) is 6.92 Å². The summed E-state index contributed by atoms with van der Waals surface area (Å²) in [4.78, 5) is 0.447. The van der Waals surface area contributed by atoms with Gasteiger partial charge < -0.3 is 0 Å². The van der Waals surface area contributed by atoms with Crippen LogP contribution in [0.3, 0.4) is 0 Å². The van der Waals surface area contributed by atoms with E-state index in [-0.39, 0.29) is 0 Å². The van der Waals surface area contributed by atoms with E-state index in [1.165, 1.54) is 0 Å². The standard InChI is InChI=1S/C13H18O2S/c1-5-6-12-8-7-11(4)9-13(12)16(14,15)10(2)3/h5,7-10H,1,6H2,2-4H3. The Bertz CT molecular complexity index is 485. The normalized spacial score (nSPS) is 11.8. The number of sulfone groups is 1. The van der Waals surface area contributed by atoms with Crippen LogP contribution in [0.2, 0.25) is 0 Å². The number of allylic oxidation sites excluding steroid dienone is 1. The smallest absolute Gasteiger partial charge is 0.180 e. The Labute approximate surface area is 97.9 Å². The van der Waals surface area contributed by atoms with Gasteiger partial charge in [-0.2, -0.15) is 0 Å². The molecule has 0 aromatic heterocycles. The number of hydrogen-bond acceptors (Lipinski definition) is 2. The fourth-order valence-electron chi connectivity index (χ4n) is 1.50. The number of hydrogen-bond donors (Lipinski definition) is 0. The Morgan fingerprint density at radius 1 is 1.38 bits per heavy atom. The molecule has 1 aromatic rings. The Balaban J connectivity index is 3.41. The van der Waals surface area contributed by atoms with Gasteiger partial charge in [0.1, 0.15) is 0 Å². The lowest BCUT2D eigenvalue weighted by Crippen LogP contribution is -2.16. The van der Waals surface area contributed by atoms with Crippen molar-refractivity contribution in [3.05, 3.63) is 42.0 Å². The van der Waals surface area contributed by atoms with Gasteiger partial charge in [0.15, 0.2) is 9.84 Å². The van der Waals surface area contributed by atoms with Crippen molar-refractivity contribution in [3.8, 4) is 0 Å². The van der Waals surface area contributed by atoms with Crippen LogP contribution < -0.4 is 0 Å². The van der Waals surface area contributed by atoms with Gasteiger partial charge in [-0.05, 0) is 44.4 Å². The van der Waals surface area contributed by atoms with Gasteiger partial charge in [0.05, 0.1) is 10.1 Å². The SMILES string of the molecule is C=CCc1ccc(C)cc1S(=O)(=O)C(C)C. The molecule has 0 saturated heterocycles. The Kier molecular flexibility index (Phi) is 3.92. The van der Waals surface area contributed by atoms with Crippen molar-refractivity contribution in [2.24, 2.45) is 0 Å². The largest absolute Gasteiger partial charge is 0.223 e. The quantitative estimate of drug-likeness (QED) is 0.756. The van der Waals surface area contributed by atoms with Crippen LogP contribution in [-0.4, -0.2) is 13.7 Å². The zero-order valence-electron chi connectivity index (χ0n) is 10.0. The maximum atomic E-state index is 12.1. The summed E-state index contributed by atoms with van der Waals surface area (Å²) in [5.41, 5.74) is 1.79. The molecule has 0 N–H and O–H groups in total. The Hall–Kier alpha value is -1.09. The summed E-state index contributed by atoms with van der Waals surface area (Å²) in [7, 11) is -3.20. The van der Waals surface area contributed by atoms with E-state index in [9.17, 15) is 8.42 Å². The Morgan fingerprint density at radius 2 is 2.00 bits per heavy atom. The van der Waals surface area contributed by atoms with Crippen molar-refractivity contribution < 1.29 is 8.42 Å². The van der Waals surface area contributed by atoms with Crippen LogP contribution in [0.15, 0.2) is 35.7 Å². The van der Waals surface area contributed by atoms with Crippen molar-refractivity contribution in [2.75, 3.05) is 0 Å². The minimum atomic E-state index is -3.20. The summed E-state index contributed by atoms with van der Waals surface area (Å²) in [6.45, 7) is 8.96. The third-order valence-corrected chi connectivity index (χ3v) is 4.75. The van der Waals surface area contributed by atoms with E-state index in [0.717, 1.165) is 11.1 Å². The van der Waals surface area contributed by atoms with Crippen molar-refractivity contribution in [3.63, 3.8) is 0 Å². The van der Waals surface area contributed by atoms with E-state index in [4.69, 9.17) is 0 Å². The molecular weight excluding hydrogens is 220 g/mol. The molecule has 0 heterocycles. The predicted octanol–water partition coefficient (Wildman–Crippen LogP) is 2.91. The molecule has 0 radical (unpaired) electrons. The minimum Gasteiger partial charge on any atom is -0.223 e. The second-order valence-corrected chi connectivity index (χ2v) is 6.67. The second-order valence-electron chi connectivity index (χ2n) is 4.20. The van der Waals surface area contributed by atoms with Crippen LogP contribution >= 0.6 is 0 Å². The predicted molar refractivity (Wildman–Crippen MR) is 67.4 cm³/mol. The monoisotopic (exact) mass is 238 g/mol. The molecule has 0 amide bonds. The van der Waals surface area contributed by atoms with Crippen molar-refractivity contribution in [2.45, 2.75) is 37.3 Å². The first-order chi connectivity index (χ1) is 7.39. The van der Waals surface area contributed by atoms with Crippen LogP contribution in [0.25, 0.3) is 0 Å². The first kappa shape index (κ1) is 13.0. The van der Waals surface area contributed by atoms with Crippen molar-refractivity contribution in [1.29, 1.82) is 0 Å². The minimum absolute atomic E-state index is 0.391. The summed E-state index contributed by atoms with van der Waals surface area (Å²) >= 11 is 0. The fourth-order valence-corrected chi connectivity index (χ4v) is 2.88. The third-order valence-electron chi connectivity index (χ3n) is 2.51. The molecule has 1 aromatic carbocycles. The molecule has 88 valence electrons. The van der Waals surface area contributed by atoms with E-state index in [1.54, 1.807) is 26.0 Å². The Morgan fingerprint density at radius 3 is 2.50 bits per heavy atom. The highest BCUT2D eigenvalue weighted by molar-refractivity contribution is 7.92. The molecular formula is C13H18O2S. The molecule has 0 unspecified atom stereocenters. The zero-order valence-corrected chi connectivity index (χ0v) is 10.8. The first-order valence-corrected chi connectivity index (χ1v) is 6.88. The molecule has 0 spiro atoms. The highest BCUT2D eigenvalue weighted by Gasteiger charge is 2.22. The molecule has 3 heteroatoms. The molecule has 0 atom stereocenters. The zero-order chi connectivity index (χ0) is 12.3. The van der Waals surface area contributed by atoms with Gasteiger partial charge in [-0.1, -0.05) is 18.2 Å². The van der Waals surface area contributed by atoms with Gasteiger partial charge in [-0.3, -0.25) is 0 Å². The number of aryl methyl sites for hydroxylation is 1. The van der Waals surface area contributed by atoms with Gasteiger partial charge in [0.25, 0.3) is 0 Å². The summed E-state index contributed by atoms with van der Waals surface area (Å²) < 4.78 is 24.3. The summed E-state index contributed by atoms with van der Waals surface area (Å²) in [6, 6.07) is 5.54. The van der Waals surface area contributed by atoms with E-state index in [2.05, 4.69) is 6.58 Å². The third kappa shape index (κ3) is 2.53. The fraction of sp³-hybridized carbons (Fsp3) is 0.385. The lowest BCUT2D eigenvalue weighted by Gasteiger charge is -2.12. The van der Waals surface area contributed by atoms with Crippen LogP contribution in [-0.2, 0) is 16.3 Å². The van der Waals surface area contributed by atoms with E-state index in [0.29, 0.717) is 11.3 Å². The maximum absolute atomic E-state index is 12.1. The molecule has 0 aliphatic carbocycles. The van der Waals surface area contributed by atoms with Crippen LogP contribution in [0.5, 0.6) is 0 Å². The molecule has 16 heavy (non-hydrogen) atoms. The first-order valence-electron chi connectivity index (χ1n) is 5.34. The molecule has 0 bridgehead atoms. The number of rotatable bonds is 4. The molecule has 0 saturated carbocycles. The summed E-state index contributed by atoms with van der Waals surface area (Å²) in [5, 5.41) is -0.391. The van der Waals surface area contributed by atoms with Crippen molar-refractivity contribution in [1.82, 2.24) is 0 Å². The average Bonchev–Trinajstić information content (AvgIpc) is 2.20. The molecule has 0 fully saturated rings. The van der Waals surface area contributed by atoms with Crippen LogP contribution in [0.1, 0.15) is 25.0 Å². The highest BCUT2D eigenvalue weighted by atomic mass is 32.2. The van der Waals surface area contributed by atoms with Crippen molar-refractivity contribution >= 4 is 9.84 Å². The van der Waals surface area contributed by atoms with Gasteiger partial charge in [-0.25, -0.2) is 8.42 Å². The maximum Gasteiger partial charge on any atom is 0.180 e. The average molecular weight is 238 g/mol. The molecule has 0 aliphatic rings. The van der Waals surface area contributed by atoms with Gasteiger partial charge in [0, 0.05) is 0 Å². The van der Waals surface area contributed by atoms with Gasteiger partial charge >= 0.3 is 0 Å². The second kappa shape index (κ2) is 4.83. The topological polar surface area (TPSA) is 34.1 Å². The summed E-state index contributed by atoms with van der Waals surface area (Å²) in [6.07, 6.45) is 2.31. The lowest BCUT2D eigenvalue weighted by atomic mass is 10.1. The summed E-state index contributed by atoms with van der Waals surface area (Å²) in [5.74, 6) is 0. The van der Waals surface area contributed by atoms with E-state index in [1.807, 2.05) is 19.1 Å². The lowest BCUT2D eigenvalue weighted by molar-refractivity contribution is 0.586. The molecule has 0 aliphatic heterocycles. The van der Waals surface area contributed by atoms with E-state index < -0.39 is 15.1 Å². The molecule has 2 nitrogen and oxygen atoms in total. The van der Waals surface area contributed by atoms with Gasteiger partial charge in [0.2, 0.25) is 0 Å². The number of benzene rings is 1.